The van der Waals surface area contributed by atoms with Gasteiger partial charge in [0, 0.05) is 36.8 Å². The highest BCUT2D eigenvalue weighted by Gasteiger charge is 2.08. The lowest BCUT2D eigenvalue weighted by atomic mass is 10.2. The molecule has 0 saturated carbocycles. The fourth-order valence-electron chi connectivity index (χ4n) is 1.88. The lowest BCUT2D eigenvalue weighted by Gasteiger charge is -2.09. The molecule has 0 unspecified atom stereocenters. The molecule has 2 N–H and O–H groups in total. The molecule has 22 heavy (non-hydrogen) atoms. The quantitative estimate of drug-likeness (QED) is 0.452. The summed E-state index contributed by atoms with van der Waals surface area (Å²) in [6.07, 6.45) is 0. The fourth-order valence-corrected chi connectivity index (χ4v) is 2.25. The van der Waals surface area contributed by atoms with Gasteiger partial charge in [-0.2, -0.15) is 0 Å². The zero-order valence-electron chi connectivity index (χ0n) is 11.7. The number of hydrogen-bond acceptors (Lipinski definition) is 4. The van der Waals surface area contributed by atoms with Gasteiger partial charge in [-0.25, -0.2) is 0 Å². The summed E-state index contributed by atoms with van der Waals surface area (Å²) in [5, 5.41) is 18.1. The van der Waals surface area contributed by atoms with E-state index in [0.29, 0.717) is 17.3 Å². The van der Waals surface area contributed by atoms with Gasteiger partial charge in [0.25, 0.3) is 5.69 Å². The normalized spacial score (nSPS) is 10.5. The summed E-state index contributed by atoms with van der Waals surface area (Å²) < 4.78 is 0. The van der Waals surface area contributed by atoms with Gasteiger partial charge in [0.05, 0.1) is 15.6 Å². The fraction of sp³-hybridized carbons (Fsp3) is 0.200. The van der Waals surface area contributed by atoms with Crippen molar-refractivity contribution in [1.29, 1.82) is 0 Å². The molecule has 0 aromatic heterocycles. The molecule has 2 aromatic carbocycles. The number of nitro groups is 1. The molecule has 0 bridgehead atoms. The summed E-state index contributed by atoms with van der Waals surface area (Å²) in [5.41, 5.74) is 1.81. The third-order valence-corrected chi connectivity index (χ3v) is 3.59. The van der Waals surface area contributed by atoms with E-state index in [2.05, 4.69) is 10.6 Å². The molecule has 0 aliphatic rings. The van der Waals surface area contributed by atoms with Crippen molar-refractivity contribution in [3.8, 4) is 0 Å². The van der Waals surface area contributed by atoms with Gasteiger partial charge in [0.1, 0.15) is 0 Å². The zero-order chi connectivity index (χ0) is 15.9. The van der Waals surface area contributed by atoms with Crippen LogP contribution in [-0.4, -0.2) is 18.0 Å². The topological polar surface area (TPSA) is 67.2 Å². The molecule has 0 aliphatic carbocycles. The Labute approximate surface area is 138 Å². The number of anilines is 1. The summed E-state index contributed by atoms with van der Waals surface area (Å²) in [5.74, 6) is 0. The van der Waals surface area contributed by atoms with Crippen molar-refractivity contribution in [2.45, 2.75) is 6.54 Å². The molecule has 2 aromatic rings. The van der Waals surface area contributed by atoms with Gasteiger partial charge in [0.2, 0.25) is 0 Å². The Morgan fingerprint density at radius 2 is 1.77 bits per heavy atom. The summed E-state index contributed by atoms with van der Waals surface area (Å²) >= 11 is 11.8. The summed E-state index contributed by atoms with van der Waals surface area (Å²) in [4.78, 5) is 10.2. The first kappa shape index (κ1) is 16.5. The predicted molar refractivity (Wildman–Crippen MR) is 89.8 cm³/mol. The van der Waals surface area contributed by atoms with E-state index in [1.54, 1.807) is 6.07 Å². The Hall–Kier alpha value is -1.82. The first-order chi connectivity index (χ1) is 10.6. The molecule has 0 saturated heterocycles. The van der Waals surface area contributed by atoms with E-state index in [-0.39, 0.29) is 5.69 Å². The van der Waals surface area contributed by atoms with E-state index in [1.807, 2.05) is 24.3 Å². The average Bonchev–Trinajstić information content (AvgIpc) is 2.50. The molecule has 0 amide bonds. The van der Waals surface area contributed by atoms with Crippen LogP contribution in [0.4, 0.5) is 11.4 Å². The summed E-state index contributed by atoms with van der Waals surface area (Å²) in [6.45, 7) is 2.13. The van der Waals surface area contributed by atoms with Gasteiger partial charge in [-0.3, -0.25) is 10.1 Å². The smallest absolute Gasteiger partial charge is 0.271 e. The average molecular weight is 340 g/mol. The Morgan fingerprint density at radius 1 is 1.05 bits per heavy atom. The van der Waals surface area contributed by atoms with E-state index in [0.717, 1.165) is 23.7 Å². The van der Waals surface area contributed by atoms with Gasteiger partial charge in [-0.05, 0) is 23.8 Å². The number of non-ortho nitro benzene ring substituents is 1. The first-order valence-corrected chi connectivity index (χ1v) is 7.45. The van der Waals surface area contributed by atoms with Crippen LogP contribution in [0.2, 0.25) is 10.0 Å². The van der Waals surface area contributed by atoms with E-state index in [1.165, 1.54) is 12.1 Å². The van der Waals surface area contributed by atoms with Crippen LogP contribution in [0.25, 0.3) is 0 Å². The SMILES string of the molecule is O=[N+]([O-])c1ccc(NCCNCc2ccc(Cl)cc2)c(Cl)c1. The largest absolute Gasteiger partial charge is 0.383 e. The highest BCUT2D eigenvalue weighted by atomic mass is 35.5. The number of benzene rings is 2. The van der Waals surface area contributed by atoms with E-state index in [4.69, 9.17) is 23.2 Å². The monoisotopic (exact) mass is 339 g/mol. The molecule has 116 valence electrons. The van der Waals surface area contributed by atoms with Crippen molar-refractivity contribution >= 4 is 34.6 Å². The highest BCUT2D eigenvalue weighted by Crippen LogP contribution is 2.26. The Bertz CT molecular complexity index is 648. The lowest BCUT2D eigenvalue weighted by molar-refractivity contribution is -0.384. The third-order valence-electron chi connectivity index (χ3n) is 3.02. The van der Waals surface area contributed by atoms with Crippen molar-refractivity contribution in [1.82, 2.24) is 5.32 Å². The lowest BCUT2D eigenvalue weighted by Crippen LogP contribution is -2.21. The molecule has 5 nitrogen and oxygen atoms in total. The Kier molecular flexibility index (Phi) is 6.00. The van der Waals surface area contributed by atoms with Crippen LogP contribution in [0.3, 0.4) is 0 Å². The molecule has 0 heterocycles. The van der Waals surface area contributed by atoms with Crippen LogP contribution in [0.1, 0.15) is 5.56 Å². The minimum atomic E-state index is -0.469. The number of halogens is 2. The molecule has 0 aliphatic heterocycles. The van der Waals surface area contributed by atoms with E-state index >= 15 is 0 Å². The van der Waals surface area contributed by atoms with E-state index < -0.39 is 4.92 Å². The van der Waals surface area contributed by atoms with Crippen molar-refractivity contribution < 1.29 is 4.92 Å². The maximum atomic E-state index is 10.6. The Balaban J connectivity index is 1.74. The first-order valence-electron chi connectivity index (χ1n) is 6.69. The van der Waals surface area contributed by atoms with Gasteiger partial charge in [0.15, 0.2) is 0 Å². The number of nitro benzene ring substituents is 1. The number of rotatable bonds is 7. The second-order valence-electron chi connectivity index (χ2n) is 4.65. The molecule has 0 atom stereocenters. The van der Waals surface area contributed by atoms with Crippen LogP contribution in [0.5, 0.6) is 0 Å². The maximum absolute atomic E-state index is 10.6. The minimum absolute atomic E-state index is 0.0172. The van der Waals surface area contributed by atoms with Crippen molar-refractivity contribution in [2.24, 2.45) is 0 Å². The second-order valence-corrected chi connectivity index (χ2v) is 5.49. The van der Waals surface area contributed by atoms with Crippen LogP contribution < -0.4 is 10.6 Å². The summed E-state index contributed by atoms with van der Waals surface area (Å²) in [6, 6.07) is 12.0. The van der Waals surface area contributed by atoms with Crippen LogP contribution >= 0.6 is 23.2 Å². The van der Waals surface area contributed by atoms with Crippen LogP contribution in [0.15, 0.2) is 42.5 Å². The van der Waals surface area contributed by atoms with Gasteiger partial charge < -0.3 is 10.6 Å². The van der Waals surface area contributed by atoms with Gasteiger partial charge in [-0.15, -0.1) is 0 Å². The molecule has 7 heteroatoms. The molecule has 0 radical (unpaired) electrons. The van der Waals surface area contributed by atoms with Gasteiger partial charge >= 0.3 is 0 Å². The van der Waals surface area contributed by atoms with Crippen LogP contribution in [0, 0.1) is 10.1 Å². The minimum Gasteiger partial charge on any atom is -0.383 e. The third kappa shape index (κ3) is 4.87. The number of nitrogens with one attached hydrogen (secondary N) is 2. The molecule has 2 rings (SSSR count). The van der Waals surface area contributed by atoms with Crippen molar-refractivity contribution in [3.63, 3.8) is 0 Å². The highest BCUT2D eigenvalue weighted by molar-refractivity contribution is 6.33. The maximum Gasteiger partial charge on any atom is 0.271 e. The summed E-state index contributed by atoms with van der Waals surface area (Å²) in [7, 11) is 0. The standard InChI is InChI=1S/C15H15Cl2N3O2/c16-12-3-1-11(2-4-12)10-18-7-8-19-15-6-5-13(20(21)22)9-14(15)17/h1-6,9,18-19H,7-8,10H2. The zero-order valence-corrected chi connectivity index (χ0v) is 13.2. The van der Waals surface area contributed by atoms with Gasteiger partial charge in [-0.1, -0.05) is 35.3 Å². The van der Waals surface area contributed by atoms with E-state index in [9.17, 15) is 10.1 Å². The second kappa shape index (κ2) is 7.98. The number of nitrogens with zero attached hydrogens (tertiary/aromatic N) is 1. The Morgan fingerprint density at radius 3 is 2.41 bits per heavy atom. The molecule has 0 fully saturated rings. The van der Waals surface area contributed by atoms with Crippen molar-refractivity contribution in [2.75, 3.05) is 18.4 Å². The predicted octanol–water partition coefficient (Wildman–Crippen LogP) is 4.10. The van der Waals surface area contributed by atoms with Crippen molar-refractivity contribution in [3.05, 3.63) is 68.2 Å². The number of hydrogen-bond donors (Lipinski definition) is 2. The molecular weight excluding hydrogens is 325 g/mol. The van der Waals surface area contributed by atoms with Crippen LogP contribution in [-0.2, 0) is 6.54 Å². The molecule has 0 spiro atoms. The molecular formula is C15H15Cl2N3O2.